The highest BCUT2D eigenvalue weighted by atomic mass is 16.5. The normalized spacial score (nSPS) is 16.3. The second-order valence-corrected chi connectivity index (χ2v) is 7.83. The number of carbonyl (C=O) groups is 2. The summed E-state index contributed by atoms with van der Waals surface area (Å²) in [4.78, 5) is 29.9. The van der Waals surface area contributed by atoms with Crippen LogP contribution in [0.2, 0.25) is 0 Å². The van der Waals surface area contributed by atoms with Crippen LogP contribution >= 0.6 is 0 Å². The molecule has 0 aromatic heterocycles. The van der Waals surface area contributed by atoms with Crippen LogP contribution in [0.15, 0.2) is 54.2 Å². The number of carbonyl (C=O) groups excluding carboxylic acids is 2. The Kier molecular flexibility index (Phi) is 6.75. The molecule has 1 saturated heterocycles. The molecule has 2 aromatic rings. The Hall–Kier alpha value is -3.32. The second kappa shape index (κ2) is 9.87. The van der Waals surface area contributed by atoms with Gasteiger partial charge in [0.2, 0.25) is 0 Å². The Labute approximate surface area is 188 Å². The highest BCUT2D eigenvalue weighted by Gasteiger charge is 2.39. The molecular formula is C25H29N3O4. The summed E-state index contributed by atoms with van der Waals surface area (Å²) in [6.45, 7) is 5.10. The van der Waals surface area contributed by atoms with Crippen LogP contribution < -0.4 is 15.0 Å². The van der Waals surface area contributed by atoms with Gasteiger partial charge in [-0.3, -0.25) is 14.5 Å². The first-order valence-corrected chi connectivity index (χ1v) is 11.1. The third-order valence-electron chi connectivity index (χ3n) is 5.75. The van der Waals surface area contributed by atoms with Gasteiger partial charge in [-0.15, -0.1) is 0 Å². The molecule has 2 aliphatic rings. The zero-order valence-electron chi connectivity index (χ0n) is 18.6. The molecule has 0 saturated carbocycles. The van der Waals surface area contributed by atoms with Gasteiger partial charge in [0.1, 0.15) is 11.4 Å². The van der Waals surface area contributed by atoms with Gasteiger partial charge in [-0.1, -0.05) is 12.1 Å². The number of hydrogen-bond acceptors (Lipinski definition) is 6. The van der Waals surface area contributed by atoms with Crippen LogP contribution in [0.3, 0.4) is 0 Å². The fraction of sp³-hybridized carbons (Fsp3) is 0.360. The van der Waals surface area contributed by atoms with Gasteiger partial charge in [0.25, 0.3) is 11.8 Å². The van der Waals surface area contributed by atoms with E-state index in [1.54, 1.807) is 7.11 Å². The van der Waals surface area contributed by atoms with Crippen molar-refractivity contribution in [2.45, 2.75) is 19.8 Å². The molecule has 0 radical (unpaired) electrons. The predicted molar refractivity (Wildman–Crippen MR) is 125 cm³/mol. The molecule has 168 valence electrons. The van der Waals surface area contributed by atoms with E-state index in [1.807, 2.05) is 43.3 Å². The largest absolute Gasteiger partial charge is 0.494 e. The van der Waals surface area contributed by atoms with Crippen molar-refractivity contribution in [3.8, 4) is 5.75 Å². The smallest absolute Gasteiger partial charge is 0.278 e. The zero-order valence-corrected chi connectivity index (χ0v) is 18.6. The van der Waals surface area contributed by atoms with Gasteiger partial charge in [0.15, 0.2) is 0 Å². The summed E-state index contributed by atoms with van der Waals surface area (Å²) in [5.74, 6) is 0.0452. The van der Waals surface area contributed by atoms with Crippen molar-refractivity contribution in [2.75, 3.05) is 50.2 Å². The van der Waals surface area contributed by atoms with Crippen molar-refractivity contribution in [3.63, 3.8) is 0 Å². The minimum atomic E-state index is -0.348. The minimum Gasteiger partial charge on any atom is -0.494 e. The fourth-order valence-corrected chi connectivity index (χ4v) is 4.11. The SMILES string of the molecule is CCOc1ccc(C2=C(Nc3ccc(N4CCCC4)cc3)C(=O)N(CCOC)C2=O)cc1. The lowest BCUT2D eigenvalue weighted by Crippen LogP contribution is -2.35. The summed E-state index contributed by atoms with van der Waals surface area (Å²) in [6.07, 6.45) is 2.43. The van der Waals surface area contributed by atoms with Crippen LogP contribution in [-0.2, 0) is 14.3 Å². The van der Waals surface area contributed by atoms with Crippen molar-refractivity contribution >= 4 is 28.8 Å². The molecule has 1 fully saturated rings. The molecule has 0 bridgehead atoms. The second-order valence-electron chi connectivity index (χ2n) is 7.83. The lowest BCUT2D eigenvalue weighted by molar-refractivity contribution is -0.137. The molecule has 0 spiro atoms. The monoisotopic (exact) mass is 435 g/mol. The Morgan fingerprint density at radius 2 is 1.62 bits per heavy atom. The molecule has 2 aliphatic heterocycles. The van der Waals surface area contributed by atoms with Crippen molar-refractivity contribution in [1.82, 2.24) is 4.90 Å². The average Bonchev–Trinajstić information content (AvgIpc) is 3.42. The van der Waals surface area contributed by atoms with Gasteiger partial charge in [-0.05, 0) is 61.7 Å². The van der Waals surface area contributed by atoms with E-state index in [1.165, 1.54) is 23.4 Å². The van der Waals surface area contributed by atoms with Crippen LogP contribution in [0.25, 0.3) is 5.57 Å². The van der Waals surface area contributed by atoms with E-state index in [0.717, 1.165) is 24.5 Å². The summed E-state index contributed by atoms with van der Waals surface area (Å²) in [7, 11) is 1.55. The van der Waals surface area contributed by atoms with Gasteiger partial charge in [0.05, 0.1) is 25.3 Å². The van der Waals surface area contributed by atoms with Crippen LogP contribution in [0, 0.1) is 0 Å². The summed E-state index contributed by atoms with van der Waals surface area (Å²) in [6, 6.07) is 15.2. The number of imide groups is 1. The molecule has 2 amide bonds. The van der Waals surface area contributed by atoms with E-state index in [-0.39, 0.29) is 30.7 Å². The van der Waals surface area contributed by atoms with Crippen molar-refractivity contribution in [2.24, 2.45) is 0 Å². The van der Waals surface area contributed by atoms with Crippen LogP contribution in [-0.4, -0.2) is 56.7 Å². The lowest BCUT2D eigenvalue weighted by atomic mass is 10.0. The van der Waals surface area contributed by atoms with E-state index < -0.39 is 0 Å². The first-order chi connectivity index (χ1) is 15.6. The topological polar surface area (TPSA) is 71.1 Å². The van der Waals surface area contributed by atoms with E-state index in [2.05, 4.69) is 22.3 Å². The fourth-order valence-electron chi connectivity index (χ4n) is 4.11. The summed E-state index contributed by atoms with van der Waals surface area (Å²) in [5, 5.41) is 3.21. The molecule has 0 aliphatic carbocycles. The summed E-state index contributed by atoms with van der Waals surface area (Å²) >= 11 is 0. The van der Waals surface area contributed by atoms with Gasteiger partial charge >= 0.3 is 0 Å². The van der Waals surface area contributed by atoms with Crippen molar-refractivity contribution < 1.29 is 19.1 Å². The number of methoxy groups -OCH3 is 1. The van der Waals surface area contributed by atoms with E-state index in [0.29, 0.717) is 17.7 Å². The van der Waals surface area contributed by atoms with Gasteiger partial charge < -0.3 is 19.7 Å². The first-order valence-electron chi connectivity index (χ1n) is 11.1. The molecule has 7 heteroatoms. The highest BCUT2D eigenvalue weighted by Crippen LogP contribution is 2.32. The molecule has 32 heavy (non-hydrogen) atoms. The van der Waals surface area contributed by atoms with E-state index >= 15 is 0 Å². The molecule has 4 rings (SSSR count). The van der Waals surface area contributed by atoms with Gasteiger partial charge in [0, 0.05) is 31.6 Å². The maximum atomic E-state index is 13.2. The number of amides is 2. The standard InChI is InChI=1S/C25H29N3O4/c1-3-32-21-12-6-18(7-13-21)22-23(25(30)28(24(22)29)16-17-31-2)26-19-8-10-20(11-9-19)27-14-4-5-15-27/h6-13,26H,3-5,14-17H2,1-2H3. The first kappa shape index (κ1) is 21.9. The summed E-state index contributed by atoms with van der Waals surface area (Å²) < 4.78 is 10.6. The zero-order chi connectivity index (χ0) is 22.5. The van der Waals surface area contributed by atoms with Crippen LogP contribution in [0.4, 0.5) is 11.4 Å². The third kappa shape index (κ3) is 4.48. The maximum Gasteiger partial charge on any atom is 0.278 e. The molecule has 2 aromatic carbocycles. The number of benzene rings is 2. The Morgan fingerprint density at radius 1 is 0.938 bits per heavy atom. The average molecular weight is 436 g/mol. The lowest BCUT2D eigenvalue weighted by Gasteiger charge is -2.18. The molecule has 0 unspecified atom stereocenters. The quantitative estimate of drug-likeness (QED) is 0.608. The maximum absolute atomic E-state index is 13.2. The van der Waals surface area contributed by atoms with Crippen molar-refractivity contribution in [1.29, 1.82) is 0 Å². The highest BCUT2D eigenvalue weighted by molar-refractivity contribution is 6.36. The number of nitrogens with one attached hydrogen (secondary N) is 1. The third-order valence-corrected chi connectivity index (χ3v) is 5.75. The number of anilines is 2. The van der Waals surface area contributed by atoms with Gasteiger partial charge in [-0.2, -0.15) is 0 Å². The van der Waals surface area contributed by atoms with Crippen LogP contribution in [0.5, 0.6) is 5.75 Å². The Balaban J connectivity index is 1.63. The molecular weight excluding hydrogens is 406 g/mol. The number of rotatable bonds is 9. The van der Waals surface area contributed by atoms with E-state index in [4.69, 9.17) is 9.47 Å². The van der Waals surface area contributed by atoms with Crippen LogP contribution in [0.1, 0.15) is 25.3 Å². The minimum absolute atomic E-state index is 0.202. The van der Waals surface area contributed by atoms with E-state index in [9.17, 15) is 9.59 Å². The molecule has 0 atom stereocenters. The Morgan fingerprint density at radius 3 is 2.25 bits per heavy atom. The molecule has 7 nitrogen and oxygen atoms in total. The van der Waals surface area contributed by atoms with Gasteiger partial charge in [-0.25, -0.2) is 0 Å². The predicted octanol–water partition coefficient (Wildman–Crippen LogP) is 3.52. The Bertz CT molecular complexity index is 993. The molecule has 2 heterocycles. The summed E-state index contributed by atoms with van der Waals surface area (Å²) in [5.41, 5.74) is 3.25. The molecule has 1 N–H and O–H groups in total. The number of hydrogen-bond donors (Lipinski definition) is 1. The van der Waals surface area contributed by atoms with Crippen molar-refractivity contribution in [3.05, 3.63) is 59.8 Å². The number of ether oxygens (including phenoxy) is 2. The number of nitrogens with zero attached hydrogens (tertiary/aromatic N) is 2.